The number of allylic oxidation sites excluding steroid dienone is 1. The van der Waals surface area contributed by atoms with Crippen molar-refractivity contribution in [2.24, 2.45) is 22.7 Å². The highest BCUT2D eigenvalue weighted by molar-refractivity contribution is 5.78. The summed E-state index contributed by atoms with van der Waals surface area (Å²) >= 11 is 0. The summed E-state index contributed by atoms with van der Waals surface area (Å²) in [5.41, 5.74) is 0.191. The third-order valence-electron chi connectivity index (χ3n) is 6.41. The van der Waals surface area contributed by atoms with Gasteiger partial charge in [0.15, 0.2) is 0 Å². The number of aliphatic carboxylic acids is 2. The summed E-state index contributed by atoms with van der Waals surface area (Å²) in [7, 11) is 0. The second-order valence-corrected chi connectivity index (χ2v) is 7.50. The molecule has 0 aliphatic heterocycles. The van der Waals surface area contributed by atoms with E-state index in [1.54, 1.807) is 6.08 Å². The molecule has 2 rings (SSSR count). The molecule has 0 amide bonds. The third kappa shape index (κ3) is 2.96. The summed E-state index contributed by atoms with van der Waals surface area (Å²) in [4.78, 5) is 22.8. The summed E-state index contributed by atoms with van der Waals surface area (Å²) in [5, 5.41) is 18.8. The summed E-state index contributed by atoms with van der Waals surface area (Å²) in [6, 6.07) is 0. The zero-order valence-corrected chi connectivity index (χ0v) is 14.0. The Bertz CT molecular complexity index is 523. The van der Waals surface area contributed by atoms with Crippen LogP contribution in [-0.2, 0) is 9.59 Å². The lowest BCUT2D eigenvalue weighted by Crippen LogP contribution is -2.53. The van der Waals surface area contributed by atoms with Crippen molar-refractivity contribution in [1.29, 1.82) is 0 Å². The quantitative estimate of drug-likeness (QED) is 0.717. The minimum atomic E-state index is -0.848. The normalized spacial score (nSPS) is 37.0. The Morgan fingerprint density at radius 2 is 2.04 bits per heavy atom. The van der Waals surface area contributed by atoms with Crippen molar-refractivity contribution in [2.45, 2.75) is 58.3 Å². The molecule has 0 saturated heterocycles. The van der Waals surface area contributed by atoms with Gasteiger partial charge in [0.2, 0.25) is 0 Å². The van der Waals surface area contributed by atoms with Crippen LogP contribution in [0.3, 0.4) is 0 Å². The van der Waals surface area contributed by atoms with Crippen LogP contribution in [0.5, 0.6) is 0 Å². The van der Waals surface area contributed by atoms with Crippen LogP contribution >= 0.6 is 0 Å². The number of rotatable bonds is 6. The van der Waals surface area contributed by atoms with Crippen LogP contribution in [0.1, 0.15) is 58.3 Å². The molecular weight excluding hydrogens is 292 g/mol. The Kier molecular flexibility index (Phi) is 5.02. The van der Waals surface area contributed by atoms with Gasteiger partial charge in [-0.25, -0.2) is 0 Å². The SMILES string of the molecule is C=C[C@]1(C(=O)O)CCC[C@]2(C)C(CCCC(=O)O)C(=C)CCC21. The molecule has 2 saturated carbocycles. The van der Waals surface area contributed by atoms with Crippen LogP contribution < -0.4 is 0 Å². The lowest BCUT2D eigenvalue weighted by Gasteiger charge is -2.57. The Hall–Kier alpha value is -1.58. The van der Waals surface area contributed by atoms with Crippen molar-refractivity contribution in [1.82, 2.24) is 0 Å². The summed E-state index contributed by atoms with van der Waals surface area (Å²) in [6.45, 7) is 10.3. The van der Waals surface area contributed by atoms with Gasteiger partial charge in [0.25, 0.3) is 0 Å². The molecule has 0 aromatic carbocycles. The van der Waals surface area contributed by atoms with Gasteiger partial charge in [0.1, 0.15) is 0 Å². The van der Waals surface area contributed by atoms with Gasteiger partial charge >= 0.3 is 11.9 Å². The number of hydrogen-bond donors (Lipinski definition) is 2. The van der Waals surface area contributed by atoms with Crippen molar-refractivity contribution in [2.75, 3.05) is 0 Å². The highest BCUT2D eigenvalue weighted by atomic mass is 16.4. The largest absolute Gasteiger partial charge is 0.481 e. The molecule has 2 aliphatic rings. The fraction of sp³-hybridized carbons (Fsp3) is 0.684. The Morgan fingerprint density at radius 1 is 1.35 bits per heavy atom. The van der Waals surface area contributed by atoms with Crippen molar-refractivity contribution in [3.8, 4) is 0 Å². The maximum atomic E-state index is 12.0. The number of hydrogen-bond acceptors (Lipinski definition) is 2. The molecule has 0 heterocycles. The van der Waals surface area contributed by atoms with Crippen LogP contribution in [0.4, 0.5) is 0 Å². The molecule has 4 nitrogen and oxygen atoms in total. The lowest BCUT2D eigenvalue weighted by atomic mass is 9.46. The molecule has 128 valence electrons. The smallest absolute Gasteiger partial charge is 0.313 e. The molecule has 2 aliphatic carbocycles. The molecule has 0 aromatic heterocycles. The molecular formula is C19H28O4. The van der Waals surface area contributed by atoms with E-state index in [0.29, 0.717) is 12.8 Å². The van der Waals surface area contributed by atoms with Crippen LogP contribution in [0.2, 0.25) is 0 Å². The minimum absolute atomic E-state index is 0.0547. The number of fused-ring (bicyclic) bond motifs is 1. The van der Waals surface area contributed by atoms with Crippen LogP contribution in [0.25, 0.3) is 0 Å². The van der Waals surface area contributed by atoms with E-state index in [1.165, 1.54) is 5.57 Å². The second-order valence-electron chi connectivity index (χ2n) is 7.50. The molecule has 4 atom stereocenters. The average molecular weight is 320 g/mol. The zero-order chi connectivity index (χ0) is 17.3. The maximum Gasteiger partial charge on any atom is 0.313 e. The predicted molar refractivity (Wildman–Crippen MR) is 89.1 cm³/mol. The maximum absolute atomic E-state index is 12.0. The fourth-order valence-corrected chi connectivity index (χ4v) is 5.25. The molecule has 2 fully saturated rings. The molecule has 0 aromatic rings. The number of carboxylic acid groups (broad SMARTS) is 2. The van der Waals surface area contributed by atoms with Gasteiger partial charge in [-0.05, 0) is 55.8 Å². The van der Waals surface area contributed by atoms with Crippen molar-refractivity contribution >= 4 is 11.9 Å². The third-order valence-corrected chi connectivity index (χ3v) is 6.41. The second kappa shape index (κ2) is 6.50. The molecule has 0 spiro atoms. The van der Waals surface area contributed by atoms with E-state index >= 15 is 0 Å². The van der Waals surface area contributed by atoms with E-state index < -0.39 is 17.4 Å². The van der Waals surface area contributed by atoms with Gasteiger partial charge < -0.3 is 10.2 Å². The fourth-order valence-electron chi connectivity index (χ4n) is 5.25. The molecule has 4 heteroatoms. The summed E-state index contributed by atoms with van der Waals surface area (Å²) < 4.78 is 0. The van der Waals surface area contributed by atoms with Gasteiger partial charge in [-0.15, -0.1) is 6.58 Å². The Morgan fingerprint density at radius 3 is 2.61 bits per heavy atom. The average Bonchev–Trinajstić information content (AvgIpc) is 2.48. The molecule has 0 bridgehead atoms. The Labute approximate surface area is 138 Å². The standard InChI is InChI=1S/C19H28O4/c1-4-19(17(22)23)12-6-11-18(3)14(7-5-8-16(20)21)13(2)9-10-15(18)19/h4,14-15H,1-2,5-12H2,3H3,(H,20,21)(H,22,23)/t14?,15?,18-,19+/m1/s1. The topological polar surface area (TPSA) is 74.6 Å². The van der Waals surface area contributed by atoms with E-state index in [2.05, 4.69) is 20.1 Å². The lowest BCUT2D eigenvalue weighted by molar-refractivity contribution is -0.160. The minimum Gasteiger partial charge on any atom is -0.481 e. The monoisotopic (exact) mass is 320 g/mol. The van der Waals surface area contributed by atoms with E-state index in [9.17, 15) is 14.7 Å². The Balaban J connectivity index is 2.30. The molecule has 0 radical (unpaired) electrons. The van der Waals surface area contributed by atoms with Gasteiger partial charge in [-0.2, -0.15) is 0 Å². The van der Waals surface area contributed by atoms with Crippen molar-refractivity contribution < 1.29 is 19.8 Å². The number of carbonyl (C=O) groups is 2. The van der Waals surface area contributed by atoms with Gasteiger partial charge in [-0.3, -0.25) is 9.59 Å². The van der Waals surface area contributed by atoms with Crippen molar-refractivity contribution in [3.05, 3.63) is 24.8 Å². The highest BCUT2D eigenvalue weighted by Gasteiger charge is 2.58. The van der Waals surface area contributed by atoms with E-state index in [4.69, 9.17) is 5.11 Å². The summed E-state index contributed by atoms with van der Waals surface area (Å²) in [5.74, 6) is -1.28. The van der Waals surface area contributed by atoms with Gasteiger partial charge in [0.05, 0.1) is 5.41 Å². The van der Waals surface area contributed by atoms with E-state index in [1.807, 2.05) is 0 Å². The first kappa shape index (κ1) is 17.8. The first-order valence-electron chi connectivity index (χ1n) is 8.54. The van der Waals surface area contributed by atoms with Crippen LogP contribution in [-0.4, -0.2) is 22.2 Å². The van der Waals surface area contributed by atoms with E-state index in [0.717, 1.165) is 32.1 Å². The van der Waals surface area contributed by atoms with Gasteiger partial charge in [-0.1, -0.05) is 31.6 Å². The van der Waals surface area contributed by atoms with Crippen molar-refractivity contribution in [3.63, 3.8) is 0 Å². The van der Waals surface area contributed by atoms with Gasteiger partial charge in [0, 0.05) is 6.42 Å². The number of carboxylic acids is 2. The summed E-state index contributed by atoms with van der Waals surface area (Å²) in [6.07, 6.45) is 7.39. The molecule has 23 heavy (non-hydrogen) atoms. The van der Waals surface area contributed by atoms with E-state index in [-0.39, 0.29) is 23.7 Å². The predicted octanol–water partition coefficient (Wildman–Crippen LogP) is 4.27. The van der Waals surface area contributed by atoms with Crippen LogP contribution in [0, 0.1) is 22.7 Å². The highest BCUT2D eigenvalue weighted by Crippen LogP contribution is 2.62. The molecule has 2 unspecified atom stereocenters. The first-order valence-corrected chi connectivity index (χ1v) is 8.54. The first-order chi connectivity index (χ1) is 10.8. The molecule has 2 N–H and O–H groups in total. The zero-order valence-electron chi connectivity index (χ0n) is 14.0. The van der Waals surface area contributed by atoms with Crippen LogP contribution in [0.15, 0.2) is 24.8 Å².